The van der Waals surface area contributed by atoms with Gasteiger partial charge in [-0.1, -0.05) is 0 Å². The normalized spacial score (nSPS) is 10.9. The van der Waals surface area contributed by atoms with Crippen molar-refractivity contribution in [1.82, 2.24) is 19.1 Å². The van der Waals surface area contributed by atoms with Crippen LogP contribution in [-0.2, 0) is 13.7 Å². The third kappa shape index (κ3) is 3.93. The molecule has 0 bridgehead atoms. The number of ether oxygens (including phenoxy) is 1. The van der Waals surface area contributed by atoms with Crippen molar-refractivity contribution in [1.29, 1.82) is 0 Å². The van der Waals surface area contributed by atoms with Gasteiger partial charge in [-0.15, -0.1) is 11.3 Å². The summed E-state index contributed by atoms with van der Waals surface area (Å²) in [5.74, 6) is 1.41. The minimum Gasteiger partial charge on any atom is -0.486 e. The zero-order valence-electron chi connectivity index (χ0n) is 16.4. The predicted molar refractivity (Wildman–Crippen MR) is 113 cm³/mol. The SMILES string of the molecule is Cc1cc(C(=O)Nc2ccc(OCc3nccn3C)cc2)c(C)n1-c1nccs1. The number of amides is 1. The van der Waals surface area contributed by atoms with Crippen molar-refractivity contribution in [3.63, 3.8) is 0 Å². The molecule has 29 heavy (non-hydrogen) atoms. The lowest BCUT2D eigenvalue weighted by Crippen LogP contribution is -2.13. The van der Waals surface area contributed by atoms with Gasteiger partial charge in [-0.3, -0.25) is 9.36 Å². The molecule has 4 aromatic rings. The van der Waals surface area contributed by atoms with Gasteiger partial charge in [-0.25, -0.2) is 9.97 Å². The number of aryl methyl sites for hydroxylation is 2. The lowest BCUT2D eigenvalue weighted by molar-refractivity contribution is 0.102. The number of imidazole rings is 1. The second kappa shape index (κ2) is 7.92. The minimum absolute atomic E-state index is 0.150. The van der Waals surface area contributed by atoms with Crippen molar-refractivity contribution in [3.05, 3.63) is 77.1 Å². The van der Waals surface area contributed by atoms with E-state index < -0.39 is 0 Å². The third-order valence-electron chi connectivity index (χ3n) is 4.69. The first kappa shape index (κ1) is 18.9. The molecule has 3 aromatic heterocycles. The monoisotopic (exact) mass is 407 g/mol. The highest BCUT2D eigenvalue weighted by atomic mass is 32.1. The molecule has 0 saturated carbocycles. The average molecular weight is 407 g/mol. The standard InChI is InChI=1S/C21H21N5O2S/c1-14-12-18(15(2)26(14)21-23-9-11-29-21)20(27)24-16-4-6-17(7-5-16)28-13-19-22-8-10-25(19)3/h4-12H,13H2,1-3H3,(H,24,27). The van der Waals surface area contributed by atoms with Gasteiger partial charge in [0.2, 0.25) is 0 Å². The fourth-order valence-corrected chi connectivity index (χ4v) is 3.88. The van der Waals surface area contributed by atoms with Crippen LogP contribution in [0.1, 0.15) is 27.6 Å². The van der Waals surface area contributed by atoms with Crippen LogP contribution in [0.2, 0.25) is 0 Å². The van der Waals surface area contributed by atoms with Crippen molar-refractivity contribution in [2.75, 3.05) is 5.32 Å². The summed E-state index contributed by atoms with van der Waals surface area (Å²) in [6.07, 6.45) is 5.38. The largest absolute Gasteiger partial charge is 0.486 e. The maximum absolute atomic E-state index is 12.8. The lowest BCUT2D eigenvalue weighted by atomic mass is 10.2. The Labute approximate surface area is 172 Å². The number of hydrogen-bond donors (Lipinski definition) is 1. The van der Waals surface area contributed by atoms with Crippen molar-refractivity contribution in [2.45, 2.75) is 20.5 Å². The van der Waals surface area contributed by atoms with E-state index in [0.29, 0.717) is 23.6 Å². The maximum atomic E-state index is 12.8. The highest BCUT2D eigenvalue weighted by Crippen LogP contribution is 2.24. The Morgan fingerprint density at radius 1 is 1.17 bits per heavy atom. The van der Waals surface area contributed by atoms with Crippen LogP contribution in [0.4, 0.5) is 5.69 Å². The van der Waals surface area contributed by atoms with Crippen LogP contribution in [0.15, 0.2) is 54.3 Å². The van der Waals surface area contributed by atoms with Gasteiger partial charge in [-0.2, -0.15) is 0 Å². The van der Waals surface area contributed by atoms with Gasteiger partial charge in [0, 0.05) is 48.1 Å². The number of hydrogen-bond acceptors (Lipinski definition) is 5. The van der Waals surface area contributed by atoms with Gasteiger partial charge < -0.3 is 14.6 Å². The molecular weight excluding hydrogens is 386 g/mol. The third-order valence-corrected chi connectivity index (χ3v) is 5.44. The van der Waals surface area contributed by atoms with E-state index in [1.807, 2.05) is 71.9 Å². The number of rotatable bonds is 6. The topological polar surface area (TPSA) is 74.0 Å². The van der Waals surface area contributed by atoms with Crippen molar-refractivity contribution in [3.8, 4) is 10.9 Å². The molecule has 0 aliphatic rings. The smallest absolute Gasteiger partial charge is 0.257 e. The summed E-state index contributed by atoms with van der Waals surface area (Å²) < 4.78 is 9.66. The molecule has 1 aromatic carbocycles. The number of aromatic nitrogens is 4. The van der Waals surface area contributed by atoms with Gasteiger partial charge in [0.05, 0.1) is 5.56 Å². The first-order valence-corrected chi connectivity index (χ1v) is 10.00. The van der Waals surface area contributed by atoms with Gasteiger partial charge in [-0.05, 0) is 44.2 Å². The number of nitrogens with zero attached hydrogens (tertiary/aromatic N) is 4. The van der Waals surface area contributed by atoms with Crippen LogP contribution in [-0.4, -0.2) is 25.0 Å². The molecule has 0 spiro atoms. The van der Waals surface area contributed by atoms with E-state index in [0.717, 1.165) is 22.3 Å². The molecule has 8 heteroatoms. The Kier molecular flexibility index (Phi) is 5.18. The van der Waals surface area contributed by atoms with Crippen molar-refractivity contribution < 1.29 is 9.53 Å². The van der Waals surface area contributed by atoms with Crippen LogP contribution in [0.3, 0.4) is 0 Å². The van der Waals surface area contributed by atoms with E-state index >= 15 is 0 Å². The molecule has 4 rings (SSSR count). The van der Waals surface area contributed by atoms with E-state index in [2.05, 4.69) is 15.3 Å². The molecule has 0 radical (unpaired) electrons. The van der Waals surface area contributed by atoms with E-state index in [1.165, 1.54) is 11.3 Å². The highest BCUT2D eigenvalue weighted by Gasteiger charge is 2.18. The summed E-state index contributed by atoms with van der Waals surface area (Å²) in [4.78, 5) is 21.4. The molecule has 1 amide bonds. The van der Waals surface area contributed by atoms with Crippen LogP contribution in [0.5, 0.6) is 5.75 Å². The Balaban J connectivity index is 1.44. The molecule has 0 aliphatic carbocycles. The van der Waals surface area contributed by atoms with E-state index in [9.17, 15) is 4.79 Å². The average Bonchev–Trinajstić information content (AvgIpc) is 3.43. The minimum atomic E-state index is -0.150. The van der Waals surface area contributed by atoms with Crippen molar-refractivity contribution >= 4 is 22.9 Å². The molecule has 0 fully saturated rings. The van der Waals surface area contributed by atoms with Crippen LogP contribution in [0.25, 0.3) is 5.13 Å². The summed E-state index contributed by atoms with van der Waals surface area (Å²) in [6, 6.07) is 9.20. The van der Waals surface area contributed by atoms with Crippen LogP contribution in [0, 0.1) is 13.8 Å². The van der Waals surface area contributed by atoms with E-state index in [-0.39, 0.29) is 5.91 Å². The van der Waals surface area contributed by atoms with Crippen molar-refractivity contribution in [2.24, 2.45) is 7.05 Å². The number of thiazole rings is 1. The Morgan fingerprint density at radius 2 is 1.97 bits per heavy atom. The molecule has 0 unspecified atom stereocenters. The van der Waals surface area contributed by atoms with Crippen LogP contribution >= 0.6 is 11.3 Å². The van der Waals surface area contributed by atoms with Gasteiger partial charge in [0.15, 0.2) is 5.13 Å². The molecule has 0 saturated heterocycles. The summed E-state index contributed by atoms with van der Waals surface area (Å²) in [6.45, 7) is 4.29. The van der Waals surface area contributed by atoms with Gasteiger partial charge in [0.25, 0.3) is 5.91 Å². The summed E-state index contributed by atoms with van der Waals surface area (Å²) in [5, 5.41) is 5.73. The lowest BCUT2D eigenvalue weighted by Gasteiger charge is -2.09. The molecule has 7 nitrogen and oxygen atoms in total. The molecular formula is C21H21N5O2S. The molecule has 0 aliphatic heterocycles. The second-order valence-corrected chi connectivity index (χ2v) is 7.53. The molecule has 0 atom stereocenters. The number of benzene rings is 1. The molecule has 148 valence electrons. The zero-order valence-corrected chi connectivity index (χ0v) is 17.2. The number of carbonyl (C=O) groups is 1. The summed E-state index contributed by atoms with van der Waals surface area (Å²) in [5.41, 5.74) is 3.18. The van der Waals surface area contributed by atoms with E-state index in [4.69, 9.17) is 4.74 Å². The predicted octanol–water partition coefficient (Wildman–Crippen LogP) is 4.12. The van der Waals surface area contributed by atoms with Gasteiger partial charge >= 0.3 is 0 Å². The first-order chi connectivity index (χ1) is 14.0. The summed E-state index contributed by atoms with van der Waals surface area (Å²) in [7, 11) is 1.93. The Morgan fingerprint density at radius 3 is 2.62 bits per heavy atom. The highest BCUT2D eigenvalue weighted by molar-refractivity contribution is 7.12. The fraction of sp³-hybridized carbons (Fsp3) is 0.190. The maximum Gasteiger partial charge on any atom is 0.257 e. The molecule has 1 N–H and O–H groups in total. The molecule has 3 heterocycles. The Hall–Kier alpha value is -3.39. The fourth-order valence-electron chi connectivity index (χ4n) is 3.13. The van der Waals surface area contributed by atoms with Gasteiger partial charge in [0.1, 0.15) is 18.2 Å². The Bertz CT molecular complexity index is 1130. The second-order valence-electron chi connectivity index (χ2n) is 6.66. The summed E-state index contributed by atoms with van der Waals surface area (Å²) >= 11 is 1.54. The number of carbonyl (C=O) groups excluding carboxylic acids is 1. The first-order valence-electron chi connectivity index (χ1n) is 9.12. The van der Waals surface area contributed by atoms with E-state index in [1.54, 1.807) is 12.4 Å². The zero-order chi connectivity index (χ0) is 20.4. The quantitative estimate of drug-likeness (QED) is 0.522. The number of anilines is 1. The van der Waals surface area contributed by atoms with Crippen LogP contribution < -0.4 is 10.1 Å². The number of nitrogens with one attached hydrogen (secondary N) is 1.